The molecule has 0 bridgehead atoms. The van der Waals surface area contributed by atoms with E-state index in [9.17, 15) is 4.79 Å². The third kappa shape index (κ3) is 3.24. The molecular weight excluding hydrogens is 262 g/mol. The van der Waals surface area contributed by atoms with Crippen LogP contribution < -0.4 is 0 Å². The number of carbonyl (C=O) groups is 1. The second-order valence-electron chi connectivity index (χ2n) is 5.67. The molecule has 0 saturated carbocycles. The summed E-state index contributed by atoms with van der Waals surface area (Å²) in [5, 5.41) is 2.41. The maximum absolute atomic E-state index is 12.4. The van der Waals surface area contributed by atoms with Crippen molar-refractivity contribution in [1.29, 1.82) is 0 Å². The summed E-state index contributed by atoms with van der Waals surface area (Å²) < 4.78 is 5.35. The Morgan fingerprint density at radius 1 is 1.14 bits per heavy atom. The zero-order valence-corrected chi connectivity index (χ0v) is 12.4. The molecule has 3 nitrogen and oxygen atoms in total. The first-order valence-corrected chi connectivity index (χ1v) is 7.54. The minimum absolute atomic E-state index is 0.222. The summed E-state index contributed by atoms with van der Waals surface area (Å²) in [5.74, 6) is 0.222. The molecule has 0 N–H and O–H groups in total. The first kappa shape index (κ1) is 14.1. The van der Waals surface area contributed by atoms with Gasteiger partial charge in [-0.15, -0.1) is 0 Å². The fourth-order valence-corrected chi connectivity index (χ4v) is 2.98. The van der Waals surface area contributed by atoms with Crippen LogP contribution in [0.3, 0.4) is 0 Å². The van der Waals surface area contributed by atoms with Crippen LogP contribution in [0.4, 0.5) is 0 Å². The number of carbonyl (C=O) groups excluding carboxylic acids is 1. The molecule has 110 valence electrons. The zero-order chi connectivity index (χ0) is 14.7. The van der Waals surface area contributed by atoms with Crippen LogP contribution in [0.1, 0.15) is 18.4 Å². The summed E-state index contributed by atoms with van der Waals surface area (Å²) in [7, 11) is 1.75. The number of nitrogens with zero attached hydrogens (tertiary/aromatic N) is 1. The van der Waals surface area contributed by atoms with E-state index in [1.165, 1.54) is 10.8 Å². The van der Waals surface area contributed by atoms with Crippen LogP contribution in [0.2, 0.25) is 0 Å². The molecule has 1 heterocycles. The van der Waals surface area contributed by atoms with E-state index in [0.717, 1.165) is 31.5 Å². The lowest BCUT2D eigenvalue weighted by molar-refractivity contribution is -0.132. The standard InChI is InChI=1S/C18H21NO2/c1-21-17-8-10-19(11-9-17)18(20)13-14-6-7-15-4-2-3-5-16(15)12-14/h2-7,12,17H,8-11,13H2,1H3. The number of likely N-dealkylation sites (tertiary alicyclic amines) is 1. The largest absolute Gasteiger partial charge is 0.381 e. The van der Waals surface area contributed by atoms with E-state index in [1.807, 2.05) is 17.0 Å². The molecule has 3 heteroatoms. The summed E-state index contributed by atoms with van der Waals surface area (Å²) in [6, 6.07) is 14.5. The van der Waals surface area contributed by atoms with Crippen LogP contribution in [-0.2, 0) is 16.0 Å². The van der Waals surface area contributed by atoms with Crippen LogP contribution in [-0.4, -0.2) is 37.1 Å². The Labute approximate surface area is 125 Å². The minimum atomic E-state index is 0.222. The number of hydrogen-bond donors (Lipinski definition) is 0. The summed E-state index contributed by atoms with van der Waals surface area (Å²) >= 11 is 0. The molecule has 0 aromatic heterocycles. The van der Waals surface area contributed by atoms with Gasteiger partial charge in [0.15, 0.2) is 0 Å². The monoisotopic (exact) mass is 283 g/mol. The van der Waals surface area contributed by atoms with Gasteiger partial charge in [0.1, 0.15) is 0 Å². The Hall–Kier alpha value is -1.87. The lowest BCUT2D eigenvalue weighted by atomic mass is 10.0. The third-order valence-corrected chi connectivity index (χ3v) is 4.30. The summed E-state index contributed by atoms with van der Waals surface area (Å²) in [6.45, 7) is 1.62. The van der Waals surface area contributed by atoms with Gasteiger partial charge in [0.2, 0.25) is 5.91 Å². The molecule has 2 aromatic carbocycles. The van der Waals surface area contributed by atoms with Crippen LogP contribution in [0.25, 0.3) is 10.8 Å². The Morgan fingerprint density at radius 3 is 2.57 bits per heavy atom. The average Bonchev–Trinajstić information content (AvgIpc) is 2.55. The van der Waals surface area contributed by atoms with Gasteiger partial charge in [-0.1, -0.05) is 42.5 Å². The average molecular weight is 283 g/mol. The van der Waals surface area contributed by atoms with Gasteiger partial charge in [-0.05, 0) is 29.2 Å². The van der Waals surface area contributed by atoms with Crippen molar-refractivity contribution < 1.29 is 9.53 Å². The number of hydrogen-bond acceptors (Lipinski definition) is 2. The number of fused-ring (bicyclic) bond motifs is 1. The highest BCUT2D eigenvalue weighted by Crippen LogP contribution is 2.18. The molecule has 1 aliphatic heterocycles. The van der Waals surface area contributed by atoms with Gasteiger partial charge in [0.05, 0.1) is 12.5 Å². The molecule has 21 heavy (non-hydrogen) atoms. The first-order chi connectivity index (χ1) is 10.3. The van der Waals surface area contributed by atoms with Crippen molar-refractivity contribution in [2.24, 2.45) is 0 Å². The van der Waals surface area contributed by atoms with Gasteiger partial charge in [-0.2, -0.15) is 0 Å². The van der Waals surface area contributed by atoms with E-state index in [1.54, 1.807) is 7.11 Å². The van der Waals surface area contributed by atoms with Gasteiger partial charge in [0, 0.05) is 20.2 Å². The molecule has 0 radical (unpaired) electrons. The lowest BCUT2D eigenvalue weighted by Gasteiger charge is -2.31. The number of methoxy groups -OCH3 is 1. The predicted octanol–water partition coefficient (Wildman–Crippen LogP) is 3.02. The Bertz CT molecular complexity index is 630. The highest BCUT2D eigenvalue weighted by atomic mass is 16.5. The lowest BCUT2D eigenvalue weighted by Crippen LogP contribution is -2.41. The topological polar surface area (TPSA) is 29.5 Å². The number of rotatable bonds is 3. The van der Waals surface area contributed by atoms with Crippen molar-refractivity contribution in [2.45, 2.75) is 25.4 Å². The fraction of sp³-hybridized carbons (Fsp3) is 0.389. The molecule has 1 fully saturated rings. The van der Waals surface area contributed by atoms with E-state index in [4.69, 9.17) is 4.74 Å². The minimum Gasteiger partial charge on any atom is -0.381 e. The zero-order valence-electron chi connectivity index (χ0n) is 12.4. The molecule has 1 aliphatic rings. The van der Waals surface area contributed by atoms with Gasteiger partial charge in [-0.25, -0.2) is 0 Å². The second kappa shape index (κ2) is 6.27. The van der Waals surface area contributed by atoms with Gasteiger partial charge in [0.25, 0.3) is 0 Å². The number of ether oxygens (including phenoxy) is 1. The highest BCUT2D eigenvalue weighted by Gasteiger charge is 2.22. The van der Waals surface area contributed by atoms with E-state index >= 15 is 0 Å². The number of amides is 1. The van der Waals surface area contributed by atoms with Gasteiger partial charge >= 0.3 is 0 Å². The van der Waals surface area contributed by atoms with Crippen molar-refractivity contribution >= 4 is 16.7 Å². The first-order valence-electron chi connectivity index (χ1n) is 7.54. The highest BCUT2D eigenvalue weighted by molar-refractivity contribution is 5.85. The molecule has 0 unspecified atom stereocenters. The van der Waals surface area contributed by atoms with E-state index in [-0.39, 0.29) is 5.91 Å². The van der Waals surface area contributed by atoms with Gasteiger partial charge < -0.3 is 9.64 Å². The summed E-state index contributed by atoms with van der Waals surface area (Å²) in [5.41, 5.74) is 1.09. The molecule has 0 aliphatic carbocycles. The normalized spacial score (nSPS) is 16.3. The van der Waals surface area contributed by atoms with Crippen LogP contribution >= 0.6 is 0 Å². The Kier molecular flexibility index (Phi) is 4.20. The van der Waals surface area contributed by atoms with Crippen LogP contribution in [0.15, 0.2) is 42.5 Å². The Balaban J connectivity index is 1.66. The molecule has 2 aromatic rings. The van der Waals surface area contributed by atoms with E-state index in [2.05, 4.69) is 30.3 Å². The van der Waals surface area contributed by atoms with Crippen molar-refractivity contribution in [3.8, 4) is 0 Å². The Morgan fingerprint density at radius 2 is 1.86 bits per heavy atom. The maximum atomic E-state index is 12.4. The number of piperidine rings is 1. The SMILES string of the molecule is COC1CCN(C(=O)Cc2ccc3ccccc3c2)CC1. The second-order valence-corrected chi connectivity index (χ2v) is 5.67. The van der Waals surface area contributed by atoms with Crippen LogP contribution in [0, 0.1) is 0 Å². The van der Waals surface area contributed by atoms with E-state index < -0.39 is 0 Å². The van der Waals surface area contributed by atoms with Gasteiger partial charge in [-0.3, -0.25) is 4.79 Å². The van der Waals surface area contributed by atoms with E-state index in [0.29, 0.717) is 12.5 Å². The molecule has 3 rings (SSSR count). The van der Waals surface area contributed by atoms with Crippen molar-refractivity contribution in [2.75, 3.05) is 20.2 Å². The number of benzene rings is 2. The predicted molar refractivity (Wildman–Crippen MR) is 84.3 cm³/mol. The van der Waals surface area contributed by atoms with Crippen molar-refractivity contribution in [1.82, 2.24) is 4.90 Å². The van der Waals surface area contributed by atoms with Crippen LogP contribution in [0.5, 0.6) is 0 Å². The molecule has 0 spiro atoms. The molecule has 1 amide bonds. The summed E-state index contributed by atoms with van der Waals surface area (Å²) in [6.07, 6.45) is 2.69. The summed E-state index contributed by atoms with van der Waals surface area (Å²) in [4.78, 5) is 14.3. The maximum Gasteiger partial charge on any atom is 0.226 e. The quantitative estimate of drug-likeness (QED) is 0.866. The molecular formula is C18H21NO2. The fourth-order valence-electron chi connectivity index (χ4n) is 2.98. The third-order valence-electron chi connectivity index (χ3n) is 4.30. The van der Waals surface area contributed by atoms with Crippen molar-refractivity contribution in [3.05, 3.63) is 48.0 Å². The molecule has 0 atom stereocenters. The molecule has 1 saturated heterocycles. The van der Waals surface area contributed by atoms with Crippen molar-refractivity contribution in [3.63, 3.8) is 0 Å². The smallest absolute Gasteiger partial charge is 0.226 e.